The molecule has 2 aromatic carbocycles. The molecule has 26 heavy (non-hydrogen) atoms. The first-order valence-corrected chi connectivity index (χ1v) is 8.96. The zero-order valence-electron chi connectivity index (χ0n) is 14.4. The summed E-state index contributed by atoms with van der Waals surface area (Å²) in [6, 6.07) is 13.5. The first kappa shape index (κ1) is 16.4. The Labute approximate surface area is 155 Å². The number of nitrogen functional groups attached to an aromatic ring is 1. The van der Waals surface area contributed by atoms with Crippen molar-refractivity contribution in [3.05, 3.63) is 64.2 Å². The number of thiazole rings is 1. The molecule has 5 nitrogen and oxygen atoms in total. The number of hydrogen-bond donors (Lipinski definition) is 2. The van der Waals surface area contributed by atoms with Crippen LogP contribution in [0.3, 0.4) is 0 Å². The summed E-state index contributed by atoms with van der Waals surface area (Å²) in [7, 11) is 0. The van der Waals surface area contributed by atoms with Crippen LogP contribution >= 0.6 is 11.3 Å². The van der Waals surface area contributed by atoms with E-state index >= 15 is 0 Å². The minimum atomic E-state index is -0.273. The van der Waals surface area contributed by atoms with Crippen LogP contribution in [0.1, 0.15) is 16.0 Å². The molecule has 6 heteroatoms. The summed E-state index contributed by atoms with van der Waals surface area (Å²) in [5.74, 6) is 0.601. The number of anilines is 2. The van der Waals surface area contributed by atoms with Crippen LogP contribution in [-0.4, -0.2) is 10.9 Å². The van der Waals surface area contributed by atoms with E-state index in [1.54, 1.807) is 6.08 Å². The first-order valence-electron chi connectivity index (χ1n) is 8.14. The summed E-state index contributed by atoms with van der Waals surface area (Å²) < 4.78 is 5.82. The minimum absolute atomic E-state index is 0.268. The highest BCUT2D eigenvalue weighted by Gasteiger charge is 2.23. The van der Waals surface area contributed by atoms with Crippen LogP contribution in [0.5, 0.6) is 5.75 Å². The second-order valence-corrected chi connectivity index (χ2v) is 7.38. The predicted octanol–water partition coefficient (Wildman–Crippen LogP) is 4.38. The van der Waals surface area contributed by atoms with Crippen LogP contribution in [-0.2, 0) is 4.79 Å². The van der Waals surface area contributed by atoms with E-state index in [0.717, 1.165) is 27.3 Å². The van der Waals surface area contributed by atoms with Crippen molar-refractivity contribution in [1.82, 2.24) is 4.98 Å². The summed E-state index contributed by atoms with van der Waals surface area (Å²) in [4.78, 5) is 17.8. The third-order valence-electron chi connectivity index (χ3n) is 4.10. The SMILES string of the molecule is Cc1cccc(/C=C2/Oc3ccc(-c4nc(N)sc4C)cc3NC2=O)c1. The van der Waals surface area contributed by atoms with Gasteiger partial charge in [0.1, 0.15) is 0 Å². The Bertz CT molecular complexity index is 1050. The van der Waals surface area contributed by atoms with E-state index in [2.05, 4.69) is 10.3 Å². The molecular formula is C20H17N3O2S. The van der Waals surface area contributed by atoms with E-state index in [-0.39, 0.29) is 11.7 Å². The second kappa shape index (κ2) is 6.31. The molecule has 4 rings (SSSR count). The maximum absolute atomic E-state index is 12.4. The molecular weight excluding hydrogens is 346 g/mol. The van der Waals surface area contributed by atoms with Gasteiger partial charge in [0.25, 0.3) is 5.91 Å². The van der Waals surface area contributed by atoms with Crippen LogP contribution in [0, 0.1) is 13.8 Å². The van der Waals surface area contributed by atoms with Gasteiger partial charge in [-0.05, 0) is 43.7 Å². The van der Waals surface area contributed by atoms with Crippen LogP contribution in [0.15, 0.2) is 48.2 Å². The average molecular weight is 363 g/mol. The van der Waals surface area contributed by atoms with Crippen molar-refractivity contribution in [2.45, 2.75) is 13.8 Å². The Hall–Kier alpha value is -3.12. The van der Waals surface area contributed by atoms with Crippen LogP contribution < -0.4 is 15.8 Å². The number of nitrogens with zero attached hydrogens (tertiary/aromatic N) is 1. The lowest BCUT2D eigenvalue weighted by Gasteiger charge is -2.20. The molecule has 1 aliphatic heterocycles. The maximum atomic E-state index is 12.4. The molecule has 0 spiro atoms. The van der Waals surface area contributed by atoms with Crippen molar-refractivity contribution in [3.63, 3.8) is 0 Å². The Morgan fingerprint density at radius 3 is 2.77 bits per heavy atom. The number of benzene rings is 2. The van der Waals surface area contributed by atoms with Gasteiger partial charge in [-0.3, -0.25) is 4.79 Å². The molecule has 130 valence electrons. The van der Waals surface area contributed by atoms with Crippen LogP contribution in [0.2, 0.25) is 0 Å². The predicted molar refractivity (Wildman–Crippen MR) is 105 cm³/mol. The molecule has 1 amide bonds. The number of carbonyl (C=O) groups excluding carboxylic acids is 1. The number of carbonyl (C=O) groups is 1. The number of nitrogens with one attached hydrogen (secondary N) is 1. The number of ether oxygens (including phenoxy) is 1. The van der Waals surface area contributed by atoms with E-state index in [0.29, 0.717) is 16.6 Å². The van der Waals surface area contributed by atoms with Gasteiger partial charge in [0.05, 0.1) is 11.4 Å². The second-order valence-electron chi connectivity index (χ2n) is 6.15. The number of aromatic nitrogens is 1. The number of fused-ring (bicyclic) bond motifs is 1. The summed E-state index contributed by atoms with van der Waals surface area (Å²) in [6.07, 6.45) is 1.74. The van der Waals surface area contributed by atoms with Gasteiger partial charge in [0.15, 0.2) is 16.6 Å². The van der Waals surface area contributed by atoms with E-state index in [1.165, 1.54) is 11.3 Å². The van der Waals surface area contributed by atoms with Crippen molar-refractivity contribution < 1.29 is 9.53 Å². The van der Waals surface area contributed by atoms with Crippen molar-refractivity contribution in [2.75, 3.05) is 11.1 Å². The van der Waals surface area contributed by atoms with Crippen molar-refractivity contribution in [1.29, 1.82) is 0 Å². The molecule has 0 unspecified atom stereocenters. The molecule has 3 N–H and O–H groups in total. The van der Waals surface area contributed by atoms with Gasteiger partial charge in [0, 0.05) is 10.4 Å². The van der Waals surface area contributed by atoms with Gasteiger partial charge in [0.2, 0.25) is 0 Å². The molecule has 0 saturated carbocycles. The van der Waals surface area contributed by atoms with Crippen molar-refractivity contribution >= 4 is 34.1 Å². The number of rotatable bonds is 2. The Kier molecular flexibility index (Phi) is 3.97. The molecule has 0 radical (unpaired) electrons. The average Bonchev–Trinajstić information content (AvgIpc) is 2.93. The monoisotopic (exact) mass is 363 g/mol. The Morgan fingerprint density at radius 2 is 2.04 bits per heavy atom. The highest BCUT2D eigenvalue weighted by Crippen LogP contribution is 2.37. The zero-order valence-corrected chi connectivity index (χ0v) is 15.2. The lowest BCUT2D eigenvalue weighted by atomic mass is 10.1. The molecule has 2 heterocycles. The molecule has 0 bridgehead atoms. The lowest BCUT2D eigenvalue weighted by molar-refractivity contribution is -0.115. The molecule has 0 saturated heterocycles. The largest absolute Gasteiger partial charge is 0.449 e. The molecule has 0 aliphatic carbocycles. The van der Waals surface area contributed by atoms with Crippen molar-refractivity contribution in [2.24, 2.45) is 0 Å². The number of aryl methyl sites for hydroxylation is 2. The van der Waals surface area contributed by atoms with E-state index in [1.807, 2.05) is 56.3 Å². The van der Waals surface area contributed by atoms with Crippen LogP contribution in [0.25, 0.3) is 17.3 Å². The Morgan fingerprint density at radius 1 is 1.19 bits per heavy atom. The van der Waals surface area contributed by atoms with Gasteiger partial charge in [-0.25, -0.2) is 4.98 Å². The standard InChI is InChI=1S/C20H17N3O2S/c1-11-4-3-5-13(8-11)9-17-19(24)22-15-10-14(6-7-16(15)25-17)18-12(2)26-20(21)23-18/h3-10H,1-2H3,(H2,21,23)(H,22,24)/b17-9+. The van der Waals surface area contributed by atoms with Crippen molar-refractivity contribution in [3.8, 4) is 17.0 Å². The summed E-state index contributed by atoms with van der Waals surface area (Å²) in [5.41, 5.74) is 10.2. The molecule has 0 atom stereocenters. The first-order chi connectivity index (χ1) is 12.5. The third kappa shape index (κ3) is 3.07. The highest BCUT2D eigenvalue weighted by atomic mass is 32.1. The summed E-state index contributed by atoms with van der Waals surface area (Å²) >= 11 is 1.44. The Balaban J connectivity index is 1.67. The lowest BCUT2D eigenvalue weighted by Crippen LogP contribution is -2.23. The molecule has 3 aromatic rings. The topological polar surface area (TPSA) is 77.2 Å². The summed E-state index contributed by atoms with van der Waals surface area (Å²) in [5, 5.41) is 3.42. The van der Waals surface area contributed by atoms with Gasteiger partial charge < -0.3 is 15.8 Å². The van der Waals surface area contributed by atoms with Gasteiger partial charge in [-0.15, -0.1) is 11.3 Å². The quantitative estimate of drug-likeness (QED) is 0.662. The molecule has 0 fully saturated rings. The number of nitrogens with two attached hydrogens (primary N) is 1. The van der Waals surface area contributed by atoms with Gasteiger partial charge in [-0.1, -0.05) is 29.8 Å². The molecule has 1 aliphatic rings. The third-order valence-corrected chi connectivity index (χ3v) is 4.90. The fourth-order valence-electron chi connectivity index (χ4n) is 2.90. The van der Waals surface area contributed by atoms with E-state index in [9.17, 15) is 4.79 Å². The highest BCUT2D eigenvalue weighted by molar-refractivity contribution is 7.15. The number of amides is 1. The van der Waals surface area contributed by atoms with E-state index < -0.39 is 0 Å². The maximum Gasteiger partial charge on any atom is 0.291 e. The summed E-state index contributed by atoms with van der Waals surface area (Å²) in [6.45, 7) is 3.98. The van der Waals surface area contributed by atoms with E-state index in [4.69, 9.17) is 10.5 Å². The smallest absolute Gasteiger partial charge is 0.291 e. The fourth-order valence-corrected chi connectivity index (χ4v) is 3.61. The molecule has 1 aromatic heterocycles. The van der Waals surface area contributed by atoms with Gasteiger partial charge in [-0.2, -0.15) is 0 Å². The van der Waals surface area contributed by atoms with Crippen LogP contribution in [0.4, 0.5) is 10.8 Å². The van der Waals surface area contributed by atoms with Gasteiger partial charge >= 0.3 is 0 Å². The normalized spacial score (nSPS) is 14.7. The fraction of sp³-hybridized carbons (Fsp3) is 0.100. The number of hydrogen-bond acceptors (Lipinski definition) is 5. The minimum Gasteiger partial charge on any atom is -0.449 e. The zero-order chi connectivity index (χ0) is 18.3.